The Bertz CT molecular complexity index is 191. The molecular weight excluding hydrogens is 144 g/mol. The topological polar surface area (TPSA) is 17.1 Å². The zero-order valence-corrected chi connectivity index (χ0v) is 7.42. The molecule has 0 unspecified atom stereocenters. The van der Waals surface area contributed by atoms with Crippen molar-refractivity contribution in [2.45, 2.75) is 20.3 Å². The minimum atomic E-state index is 0.107. The molecule has 0 spiro atoms. The predicted molar refractivity (Wildman–Crippen MR) is 45.0 cm³/mol. The maximum Gasteiger partial charge on any atom is 0.169 e. The Morgan fingerprint density at radius 2 is 2.20 bits per heavy atom. The van der Waals surface area contributed by atoms with Crippen LogP contribution in [0.15, 0.2) is 11.0 Å². The molecule has 1 nitrogen and oxygen atoms in total. The Morgan fingerprint density at radius 3 is 2.40 bits per heavy atom. The first-order valence-corrected chi connectivity index (χ1v) is 4.58. The number of hydrogen-bond acceptors (Lipinski definition) is 2. The number of ketones is 1. The van der Waals surface area contributed by atoms with Crippen molar-refractivity contribution in [2.75, 3.05) is 6.26 Å². The van der Waals surface area contributed by atoms with Crippen LogP contribution in [0, 0.1) is 5.41 Å². The second-order valence-corrected chi connectivity index (χ2v) is 4.15. The molecule has 0 saturated heterocycles. The largest absolute Gasteiger partial charge is 0.294 e. The predicted octanol–water partition coefficient (Wildman–Crippen LogP) is 2.23. The van der Waals surface area contributed by atoms with E-state index in [9.17, 15) is 4.79 Å². The Hall–Kier alpha value is -0.240. The number of carbonyl (C=O) groups is 1. The molecule has 1 aliphatic rings. The van der Waals surface area contributed by atoms with Gasteiger partial charge in [-0.3, -0.25) is 4.79 Å². The van der Waals surface area contributed by atoms with Gasteiger partial charge in [-0.1, -0.05) is 19.9 Å². The second-order valence-electron chi connectivity index (χ2n) is 3.30. The lowest BCUT2D eigenvalue weighted by Gasteiger charge is -2.10. The van der Waals surface area contributed by atoms with E-state index in [0.717, 1.165) is 4.91 Å². The molecule has 1 rings (SSSR count). The van der Waals surface area contributed by atoms with Gasteiger partial charge in [0.15, 0.2) is 5.78 Å². The fourth-order valence-corrected chi connectivity index (χ4v) is 1.90. The van der Waals surface area contributed by atoms with Crippen LogP contribution in [0.3, 0.4) is 0 Å². The van der Waals surface area contributed by atoms with Crippen molar-refractivity contribution >= 4 is 17.5 Å². The Labute approximate surface area is 65.9 Å². The van der Waals surface area contributed by atoms with E-state index in [2.05, 4.69) is 19.9 Å². The van der Waals surface area contributed by atoms with E-state index in [1.54, 1.807) is 11.8 Å². The van der Waals surface area contributed by atoms with E-state index in [-0.39, 0.29) is 5.41 Å². The molecule has 0 radical (unpaired) electrons. The summed E-state index contributed by atoms with van der Waals surface area (Å²) in [4.78, 5) is 12.1. The van der Waals surface area contributed by atoms with Crippen LogP contribution < -0.4 is 0 Å². The van der Waals surface area contributed by atoms with E-state index >= 15 is 0 Å². The van der Waals surface area contributed by atoms with Crippen molar-refractivity contribution in [1.29, 1.82) is 0 Å². The summed E-state index contributed by atoms with van der Waals surface area (Å²) in [5.74, 6) is 0.303. The molecule has 0 N–H and O–H groups in total. The molecule has 0 aromatic rings. The minimum absolute atomic E-state index is 0.107. The molecule has 1 aliphatic carbocycles. The van der Waals surface area contributed by atoms with E-state index in [4.69, 9.17) is 0 Å². The van der Waals surface area contributed by atoms with Crippen LogP contribution in [0.4, 0.5) is 0 Å². The van der Waals surface area contributed by atoms with Crippen LogP contribution in [0.25, 0.3) is 0 Å². The molecule has 0 atom stereocenters. The van der Waals surface area contributed by atoms with Crippen molar-refractivity contribution in [3.05, 3.63) is 11.0 Å². The van der Waals surface area contributed by atoms with Crippen LogP contribution in [0.1, 0.15) is 20.3 Å². The molecule has 0 aliphatic heterocycles. The van der Waals surface area contributed by atoms with Crippen molar-refractivity contribution in [1.82, 2.24) is 0 Å². The summed E-state index contributed by atoms with van der Waals surface area (Å²) < 4.78 is 0. The lowest BCUT2D eigenvalue weighted by Crippen LogP contribution is -2.05. The van der Waals surface area contributed by atoms with Crippen LogP contribution in [0.5, 0.6) is 0 Å². The van der Waals surface area contributed by atoms with E-state index in [0.29, 0.717) is 12.2 Å². The highest BCUT2D eigenvalue weighted by atomic mass is 32.2. The van der Waals surface area contributed by atoms with Gasteiger partial charge in [0.1, 0.15) is 0 Å². The first kappa shape index (κ1) is 7.86. The summed E-state index contributed by atoms with van der Waals surface area (Å²) in [6, 6.07) is 0. The third-order valence-electron chi connectivity index (χ3n) is 1.63. The lowest BCUT2D eigenvalue weighted by molar-refractivity contribution is -0.115. The SMILES string of the molecule is CSC1=CC(C)(C)CC1=O. The van der Waals surface area contributed by atoms with Gasteiger partial charge in [0.05, 0.1) is 0 Å². The monoisotopic (exact) mass is 156 g/mol. The molecule has 10 heavy (non-hydrogen) atoms. The Morgan fingerprint density at radius 1 is 1.60 bits per heavy atom. The van der Waals surface area contributed by atoms with Crippen LogP contribution >= 0.6 is 11.8 Å². The fourth-order valence-electron chi connectivity index (χ4n) is 1.16. The van der Waals surface area contributed by atoms with Gasteiger partial charge in [0.2, 0.25) is 0 Å². The van der Waals surface area contributed by atoms with Crippen molar-refractivity contribution < 1.29 is 4.79 Å². The van der Waals surface area contributed by atoms with Crippen molar-refractivity contribution in [3.8, 4) is 0 Å². The van der Waals surface area contributed by atoms with Crippen molar-refractivity contribution in [2.24, 2.45) is 5.41 Å². The molecular formula is C8H12OS. The molecule has 0 heterocycles. The number of Topliss-reactive ketones (excluding diaryl/α,β-unsaturated/α-hetero) is 1. The maximum absolute atomic E-state index is 11.1. The number of rotatable bonds is 1. The maximum atomic E-state index is 11.1. The summed E-state index contributed by atoms with van der Waals surface area (Å²) in [6.07, 6.45) is 4.70. The van der Waals surface area contributed by atoms with Gasteiger partial charge in [-0.25, -0.2) is 0 Å². The molecule has 0 bridgehead atoms. The van der Waals surface area contributed by atoms with Gasteiger partial charge in [-0.05, 0) is 11.7 Å². The first-order valence-electron chi connectivity index (χ1n) is 3.35. The Kier molecular flexibility index (Phi) is 1.90. The quantitative estimate of drug-likeness (QED) is 0.579. The molecule has 0 amide bonds. The van der Waals surface area contributed by atoms with E-state index in [1.807, 2.05) is 6.26 Å². The van der Waals surface area contributed by atoms with Gasteiger partial charge in [0.25, 0.3) is 0 Å². The van der Waals surface area contributed by atoms with Crippen LogP contribution in [-0.4, -0.2) is 12.0 Å². The molecule has 2 heteroatoms. The van der Waals surface area contributed by atoms with Gasteiger partial charge in [-0.2, -0.15) is 0 Å². The normalized spacial score (nSPS) is 23.1. The number of hydrogen-bond donors (Lipinski definition) is 0. The standard InChI is InChI=1S/C8H12OS/c1-8(2)4-6(9)7(5-8)10-3/h5H,4H2,1-3H3. The highest BCUT2D eigenvalue weighted by molar-refractivity contribution is 8.03. The number of thioether (sulfide) groups is 1. The average molecular weight is 156 g/mol. The number of carbonyl (C=O) groups excluding carboxylic acids is 1. The summed E-state index contributed by atoms with van der Waals surface area (Å²) >= 11 is 1.55. The van der Waals surface area contributed by atoms with Gasteiger partial charge in [0, 0.05) is 11.3 Å². The average Bonchev–Trinajstić information content (AvgIpc) is 2.05. The Balaban J connectivity index is 2.82. The van der Waals surface area contributed by atoms with Gasteiger partial charge >= 0.3 is 0 Å². The zero-order valence-electron chi connectivity index (χ0n) is 6.60. The highest BCUT2D eigenvalue weighted by Crippen LogP contribution is 2.36. The zero-order chi connectivity index (χ0) is 7.78. The smallest absolute Gasteiger partial charge is 0.169 e. The molecule has 0 fully saturated rings. The van der Waals surface area contributed by atoms with Gasteiger partial charge < -0.3 is 0 Å². The summed E-state index contributed by atoms with van der Waals surface area (Å²) in [5.41, 5.74) is 0.107. The van der Waals surface area contributed by atoms with E-state index in [1.165, 1.54) is 0 Å². The highest BCUT2D eigenvalue weighted by Gasteiger charge is 2.29. The van der Waals surface area contributed by atoms with Crippen LogP contribution in [-0.2, 0) is 4.79 Å². The summed E-state index contributed by atoms with van der Waals surface area (Å²) in [5, 5.41) is 0. The minimum Gasteiger partial charge on any atom is -0.294 e. The lowest BCUT2D eigenvalue weighted by atomic mass is 9.93. The first-order chi connectivity index (χ1) is 4.55. The second kappa shape index (κ2) is 2.42. The molecule has 56 valence electrons. The third-order valence-corrected chi connectivity index (χ3v) is 2.42. The number of allylic oxidation sites excluding steroid dienone is 2. The molecule has 0 saturated carbocycles. The van der Waals surface area contributed by atoms with Crippen molar-refractivity contribution in [3.63, 3.8) is 0 Å². The van der Waals surface area contributed by atoms with Gasteiger partial charge in [-0.15, -0.1) is 11.8 Å². The third kappa shape index (κ3) is 1.43. The summed E-state index contributed by atoms with van der Waals surface area (Å²) in [6.45, 7) is 4.18. The van der Waals surface area contributed by atoms with E-state index < -0.39 is 0 Å². The summed E-state index contributed by atoms with van der Waals surface area (Å²) in [7, 11) is 0. The molecule has 0 aromatic heterocycles. The van der Waals surface area contributed by atoms with Crippen LogP contribution in [0.2, 0.25) is 0 Å². The fraction of sp³-hybridized carbons (Fsp3) is 0.625. The molecule has 0 aromatic carbocycles.